The molecule has 3 N–H and O–H groups in total. The molecule has 3 rings (SSSR count). The van der Waals surface area contributed by atoms with Crippen molar-refractivity contribution in [1.82, 2.24) is 16.0 Å². The fourth-order valence-corrected chi connectivity index (χ4v) is 3.85. The Morgan fingerprint density at radius 2 is 1.19 bits per heavy atom. The second-order valence-corrected chi connectivity index (χ2v) is 6.95. The quantitative estimate of drug-likeness (QED) is 0.742. The van der Waals surface area contributed by atoms with Crippen molar-refractivity contribution in [3.63, 3.8) is 0 Å². The molecule has 5 nitrogen and oxygen atoms in total. The lowest BCUT2D eigenvalue weighted by molar-refractivity contribution is -0.126. The molecule has 0 radical (unpaired) electrons. The standard InChI is InChI=1S/C21H25N3O2/c1-15(25)23-21(24-16(2)26)13-19(17-9-5-3-6-10-17)22-20(14-21)18-11-7-4-8-12-18/h3-12,19-20,22H,13-14H2,1-2H3,(H,23,25)(H,24,26). The summed E-state index contributed by atoms with van der Waals surface area (Å²) in [6.07, 6.45) is 1.17. The van der Waals surface area contributed by atoms with Crippen LogP contribution in [-0.2, 0) is 9.59 Å². The summed E-state index contributed by atoms with van der Waals surface area (Å²) in [5.41, 5.74) is 1.48. The number of rotatable bonds is 4. The molecule has 0 bridgehead atoms. The van der Waals surface area contributed by atoms with Gasteiger partial charge in [0.1, 0.15) is 5.66 Å². The van der Waals surface area contributed by atoms with Crippen molar-refractivity contribution in [3.05, 3.63) is 71.8 Å². The maximum absolute atomic E-state index is 11.9. The molecule has 0 saturated carbocycles. The summed E-state index contributed by atoms with van der Waals surface area (Å²) in [6.45, 7) is 2.97. The number of piperidine rings is 1. The van der Waals surface area contributed by atoms with Gasteiger partial charge in [0, 0.05) is 38.8 Å². The molecule has 2 atom stereocenters. The normalized spacial score (nSPS) is 21.6. The van der Waals surface area contributed by atoms with Gasteiger partial charge in [-0.3, -0.25) is 9.59 Å². The summed E-state index contributed by atoms with van der Waals surface area (Å²) >= 11 is 0. The van der Waals surface area contributed by atoms with Crippen LogP contribution in [0.2, 0.25) is 0 Å². The second-order valence-electron chi connectivity index (χ2n) is 6.95. The molecule has 0 spiro atoms. The molecule has 1 fully saturated rings. The predicted octanol–water partition coefficient (Wildman–Crippen LogP) is 2.82. The molecule has 26 heavy (non-hydrogen) atoms. The molecule has 0 aromatic heterocycles. The molecule has 1 aliphatic heterocycles. The van der Waals surface area contributed by atoms with Crippen LogP contribution in [0, 0.1) is 0 Å². The van der Waals surface area contributed by atoms with Gasteiger partial charge in [-0.25, -0.2) is 0 Å². The first-order valence-corrected chi connectivity index (χ1v) is 8.91. The van der Waals surface area contributed by atoms with Crippen LogP contribution < -0.4 is 16.0 Å². The number of hydrogen-bond donors (Lipinski definition) is 3. The average Bonchev–Trinajstić information content (AvgIpc) is 2.61. The lowest BCUT2D eigenvalue weighted by Crippen LogP contribution is -2.64. The van der Waals surface area contributed by atoms with Gasteiger partial charge in [0.05, 0.1) is 0 Å². The van der Waals surface area contributed by atoms with E-state index in [0.717, 1.165) is 11.1 Å². The van der Waals surface area contributed by atoms with Crippen molar-refractivity contribution in [3.8, 4) is 0 Å². The van der Waals surface area contributed by atoms with Crippen LogP contribution in [-0.4, -0.2) is 17.5 Å². The van der Waals surface area contributed by atoms with Crippen LogP contribution >= 0.6 is 0 Å². The van der Waals surface area contributed by atoms with E-state index in [-0.39, 0.29) is 23.9 Å². The van der Waals surface area contributed by atoms with E-state index in [0.29, 0.717) is 12.8 Å². The predicted molar refractivity (Wildman–Crippen MR) is 101 cm³/mol. The van der Waals surface area contributed by atoms with Gasteiger partial charge in [-0.2, -0.15) is 0 Å². The molecule has 1 heterocycles. The zero-order chi connectivity index (χ0) is 18.6. The fourth-order valence-electron chi connectivity index (χ4n) is 3.85. The first-order chi connectivity index (χ1) is 12.5. The first kappa shape index (κ1) is 18.1. The third kappa shape index (κ3) is 4.29. The Labute approximate surface area is 154 Å². The Balaban J connectivity index is 1.99. The highest BCUT2D eigenvalue weighted by atomic mass is 16.2. The van der Waals surface area contributed by atoms with E-state index in [9.17, 15) is 9.59 Å². The van der Waals surface area contributed by atoms with E-state index >= 15 is 0 Å². The highest BCUT2D eigenvalue weighted by molar-refractivity contribution is 5.77. The monoisotopic (exact) mass is 351 g/mol. The topological polar surface area (TPSA) is 70.2 Å². The lowest BCUT2D eigenvalue weighted by Gasteiger charge is -2.46. The van der Waals surface area contributed by atoms with Crippen molar-refractivity contribution in [1.29, 1.82) is 0 Å². The summed E-state index contributed by atoms with van der Waals surface area (Å²) in [4.78, 5) is 23.8. The van der Waals surface area contributed by atoms with E-state index in [1.54, 1.807) is 0 Å². The summed E-state index contributed by atoms with van der Waals surface area (Å²) in [5.74, 6) is -0.307. The van der Waals surface area contributed by atoms with Gasteiger partial charge in [0.15, 0.2) is 0 Å². The smallest absolute Gasteiger partial charge is 0.218 e. The van der Waals surface area contributed by atoms with Gasteiger partial charge in [0.25, 0.3) is 0 Å². The number of carbonyl (C=O) groups excluding carboxylic acids is 2. The zero-order valence-corrected chi connectivity index (χ0v) is 15.2. The maximum Gasteiger partial charge on any atom is 0.218 e. The molecule has 2 aromatic rings. The summed E-state index contributed by atoms with van der Waals surface area (Å²) in [6, 6.07) is 20.3. The highest BCUT2D eigenvalue weighted by Gasteiger charge is 2.42. The van der Waals surface area contributed by atoms with E-state index in [4.69, 9.17) is 0 Å². The Hall–Kier alpha value is -2.66. The fraction of sp³-hybridized carbons (Fsp3) is 0.333. The largest absolute Gasteiger partial charge is 0.333 e. The van der Waals surface area contributed by atoms with Crippen LogP contribution in [0.25, 0.3) is 0 Å². The molecule has 2 amide bonds. The molecule has 1 aliphatic rings. The van der Waals surface area contributed by atoms with Gasteiger partial charge in [-0.1, -0.05) is 60.7 Å². The van der Waals surface area contributed by atoms with E-state index in [2.05, 4.69) is 40.2 Å². The van der Waals surface area contributed by atoms with Crippen molar-refractivity contribution >= 4 is 11.8 Å². The van der Waals surface area contributed by atoms with Crippen molar-refractivity contribution in [2.45, 2.75) is 44.4 Å². The van der Waals surface area contributed by atoms with Gasteiger partial charge in [-0.15, -0.1) is 0 Å². The third-order valence-corrected chi connectivity index (χ3v) is 4.74. The molecule has 5 heteroatoms. The Morgan fingerprint density at radius 3 is 1.54 bits per heavy atom. The maximum atomic E-state index is 11.9. The van der Waals surface area contributed by atoms with Gasteiger partial charge in [-0.05, 0) is 11.1 Å². The van der Waals surface area contributed by atoms with E-state index < -0.39 is 5.66 Å². The van der Waals surface area contributed by atoms with E-state index in [1.807, 2.05) is 36.4 Å². The Bertz CT molecular complexity index is 696. The lowest BCUT2D eigenvalue weighted by atomic mass is 9.82. The zero-order valence-electron chi connectivity index (χ0n) is 15.2. The van der Waals surface area contributed by atoms with Crippen LogP contribution in [0.1, 0.15) is 49.9 Å². The minimum Gasteiger partial charge on any atom is -0.333 e. The molecular weight excluding hydrogens is 326 g/mol. The summed E-state index contributed by atoms with van der Waals surface area (Å²) < 4.78 is 0. The summed E-state index contributed by atoms with van der Waals surface area (Å²) in [5, 5.41) is 9.72. The number of benzene rings is 2. The van der Waals surface area contributed by atoms with Crippen molar-refractivity contribution in [2.75, 3.05) is 0 Å². The van der Waals surface area contributed by atoms with Gasteiger partial charge < -0.3 is 16.0 Å². The molecule has 136 valence electrons. The van der Waals surface area contributed by atoms with Crippen LogP contribution in [0.15, 0.2) is 60.7 Å². The van der Waals surface area contributed by atoms with Crippen LogP contribution in [0.5, 0.6) is 0 Å². The Morgan fingerprint density at radius 1 is 0.808 bits per heavy atom. The first-order valence-electron chi connectivity index (χ1n) is 8.91. The minimum absolute atomic E-state index is 0.00820. The van der Waals surface area contributed by atoms with Crippen molar-refractivity contribution in [2.24, 2.45) is 0 Å². The minimum atomic E-state index is -0.788. The SMILES string of the molecule is CC(=O)NC1(NC(C)=O)CC(c2ccccc2)NC(c2ccccc2)C1. The van der Waals surface area contributed by atoms with Crippen molar-refractivity contribution < 1.29 is 9.59 Å². The summed E-state index contributed by atoms with van der Waals surface area (Å²) in [7, 11) is 0. The number of amides is 2. The number of carbonyl (C=O) groups is 2. The number of hydrogen-bond acceptors (Lipinski definition) is 3. The Kier molecular flexibility index (Phi) is 5.38. The van der Waals surface area contributed by atoms with Gasteiger partial charge in [0.2, 0.25) is 11.8 Å². The van der Waals surface area contributed by atoms with Crippen LogP contribution in [0.4, 0.5) is 0 Å². The molecule has 2 aromatic carbocycles. The van der Waals surface area contributed by atoms with E-state index in [1.165, 1.54) is 13.8 Å². The average molecular weight is 351 g/mol. The number of nitrogens with one attached hydrogen (secondary N) is 3. The second kappa shape index (κ2) is 7.70. The highest BCUT2D eigenvalue weighted by Crippen LogP contribution is 2.37. The van der Waals surface area contributed by atoms with Gasteiger partial charge >= 0.3 is 0 Å². The molecule has 2 unspecified atom stereocenters. The molecule has 0 aliphatic carbocycles. The van der Waals surface area contributed by atoms with Crippen LogP contribution in [0.3, 0.4) is 0 Å². The molecular formula is C21H25N3O2. The molecule has 1 saturated heterocycles. The third-order valence-electron chi connectivity index (χ3n) is 4.74.